The molecule has 236 valence electrons. The molecule has 0 unspecified atom stereocenters. The van der Waals surface area contributed by atoms with E-state index in [1.54, 1.807) is 0 Å². The zero-order chi connectivity index (χ0) is 33.2. The summed E-state index contributed by atoms with van der Waals surface area (Å²) in [5, 5.41) is 10.4. The summed E-state index contributed by atoms with van der Waals surface area (Å²) in [5.41, 5.74) is 8.87. The Bertz CT molecular complexity index is 2940. The van der Waals surface area contributed by atoms with Crippen LogP contribution >= 0.6 is 0 Å². The number of furan rings is 1. The number of allylic oxidation sites excluding steroid dienone is 1. The van der Waals surface area contributed by atoms with Gasteiger partial charge in [0.05, 0.1) is 16.9 Å². The number of nitrogens with zero attached hydrogens (tertiary/aromatic N) is 3. The Morgan fingerprint density at radius 3 is 2.14 bits per heavy atom. The Balaban J connectivity index is 1.26. The average Bonchev–Trinajstić information content (AvgIpc) is 3.55. The van der Waals surface area contributed by atoms with Gasteiger partial charge in [0.2, 0.25) is 0 Å². The quantitative estimate of drug-likeness (QED) is 0.180. The molecular weight excluding hydrogens is 611 g/mol. The van der Waals surface area contributed by atoms with Gasteiger partial charge >= 0.3 is 0 Å². The second-order valence-electron chi connectivity index (χ2n) is 13.2. The van der Waals surface area contributed by atoms with Crippen LogP contribution in [0.4, 0.5) is 0 Å². The number of aliphatic imine (C=N–C) groups is 2. The lowest BCUT2D eigenvalue weighted by Crippen LogP contribution is -2.11. The molecule has 7 aromatic carbocycles. The highest BCUT2D eigenvalue weighted by Crippen LogP contribution is 2.37. The molecule has 0 saturated carbocycles. The van der Waals surface area contributed by atoms with E-state index in [4.69, 9.17) is 19.4 Å². The van der Waals surface area contributed by atoms with E-state index < -0.39 is 0 Å². The van der Waals surface area contributed by atoms with E-state index in [-0.39, 0.29) is 0 Å². The van der Waals surface area contributed by atoms with Crippen molar-refractivity contribution in [3.05, 3.63) is 168 Å². The SMILES string of the molecule is C\C1=C(c2ccc3ccccc3c2)/N=C(c2cccc3c2ncc2ccc4ccccc4c23)\N=C(\c2cccc3oc4ccccc4c23)CC1. The summed E-state index contributed by atoms with van der Waals surface area (Å²) in [6, 6.07) is 49.0. The topological polar surface area (TPSA) is 50.8 Å². The van der Waals surface area contributed by atoms with Crippen molar-refractivity contribution in [2.45, 2.75) is 19.8 Å². The van der Waals surface area contributed by atoms with E-state index in [9.17, 15) is 0 Å². The van der Waals surface area contributed by atoms with Crippen LogP contribution in [0.15, 0.2) is 166 Å². The van der Waals surface area contributed by atoms with Crippen LogP contribution in [0.1, 0.15) is 36.5 Å². The normalized spacial score (nSPS) is 17.6. The molecule has 50 heavy (non-hydrogen) atoms. The molecule has 0 radical (unpaired) electrons. The zero-order valence-corrected chi connectivity index (χ0v) is 27.5. The molecule has 0 spiro atoms. The first kappa shape index (κ1) is 28.6. The molecule has 3 heterocycles. The number of rotatable bonds is 3. The number of amidine groups is 1. The van der Waals surface area contributed by atoms with Crippen molar-refractivity contribution in [1.82, 2.24) is 4.98 Å². The van der Waals surface area contributed by atoms with Gasteiger partial charge in [0, 0.05) is 49.8 Å². The van der Waals surface area contributed by atoms with Crippen LogP contribution in [-0.2, 0) is 0 Å². The largest absolute Gasteiger partial charge is 0.456 e. The third kappa shape index (κ3) is 4.56. The van der Waals surface area contributed by atoms with Crippen molar-refractivity contribution in [3.63, 3.8) is 0 Å². The first-order valence-corrected chi connectivity index (χ1v) is 17.1. The highest BCUT2D eigenvalue weighted by Gasteiger charge is 2.21. The molecule has 9 aromatic rings. The zero-order valence-electron chi connectivity index (χ0n) is 27.5. The standard InChI is InChI=1S/C46H31N3O/c1-28-20-25-39(35-15-9-19-41-43(35)36-14-6-7-18-40(36)50-41)48-46(49-44(28)32-23-21-29-10-2-3-12-31(29)26-32)38-17-8-16-37-42-33(27-47-45(37)38)24-22-30-11-4-5-13-34(30)42/h2-19,21-24,26-27H,20,25H2,1H3/b44-28+,48-39+,49-46-. The van der Waals surface area contributed by atoms with E-state index in [0.717, 1.165) is 79.2 Å². The number of pyridine rings is 1. The fourth-order valence-electron chi connectivity index (χ4n) is 7.71. The first-order valence-electron chi connectivity index (χ1n) is 17.1. The molecule has 2 aromatic heterocycles. The van der Waals surface area contributed by atoms with Crippen molar-refractivity contribution in [3.8, 4) is 0 Å². The summed E-state index contributed by atoms with van der Waals surface area (Å²) in [7, 11) is 0. The number of hydrogen-bond donors (Lipinski definition) is 0. The molecule has 0 bridgehead atoms. The van der Waals surface area contributed by atoms with Gasteiger partial charge in [-0.1, -0.05) is 115 Å². The third-order valence-corrected chi connectivity index (χ3v) is 10.2. The van der Waals surface area contributed by atoms with Gasteiger partial charge in [-0.05, 0) is 71.1 Å². The molecule has 4 nitrogen and oxygen atoms in total. The second-order valence-corrected chi connectivity index (χ2v) is 13.2. The Morgan fingerprint density at radius 2 is 1.22 bits per heavy atom. The maximum Gasteiger partial charge on any atom is 0.162 e. The number of benzene rings is 7. The molecular formula is C46H31N3O. The van der Waals surface area contributed by atoms with Gasteiger partial charge in [0.25, 0.3) is 0 Å². The van der Waals surface area contributed by atoms with Crippen LogP contribution in [0.2, 0.25) is 0 Å². The Labute approximate surface area is 288 Å². The van der Waals surface area contributed by atoms with E-state index in [0.29, 0.717) is 5.84 Å². The first-order chi connectivity index (χ1) is 24.7. The van der Waals surface area contributed by atoms with Crippen LogP contribution in [0.3, 0.4) is 0 Å². The minimum absolute atomic E-state index is 0.657. The van der Waals surface area contributed by atoms with Gasteiger partial charge in [-0.15, -0.1) is 0 Å². The third-order valence-electron chi connectivity index (χ3n) is 10.2. The molecule has 0 fully saturated rings. The lowest BCUT2D eigenvalue weighted by atomic mass is 9.94. The van der Waals surface area contributed by atoms with Gasteiger partial charge in [-0.25, -0.2) is 9.98 Å². The minimum atomic E-state index is 0.657. The van der Waals surface area contributed by atoms with Crippen LogP contribution in [0.5, 0.6) is 0 Å². The fraction of sp³-hybridized carbons (Fsp3) is 0.0652. The maximum atomic E-state index is 6.31. The van der Waals surface area contributed by atoms with Gasteiger partial charge in [0.1, 0.15) is 11.2 Å². The number of hydrogen-bond acceptors (Lipinski definition) is 4. The molecule has 1 aliphatic heterocycles. The highest BCUT2D eigenvalue weighted by atomic mass is 16.3. The van der Waals surface area contributed by atoms with Crippen molar-refractivity contribution >= 4 is 82.4 Å². The van der Waals surface area contributed by atoms with Gasteiger partial charge in [0.15, 0.2) is 5.84 Å². The molecule has 10 rings (SSSR count). The predicted octanol–water partition coefficient (Wildman–Crippen LogP) is 12.1. The molecule has 0 aliphatic carbocycles. The Hall–Kier alpha value is -6.39. The Kier molecular flexibility index (Phi) is 6.50. The van der Waals surface area contributed by atoms with Crippen molar-refractivity contribution in [1.29, 1.82) is 0 Å². The van der Waals surface area contributed by atoms with E-state index >= 15 is 0 Å². The van der Waals surface area contributed by atoms with Gasteiger partial charge < -0.3 is 4.42 Å². The van der Waals surface area contributed by atoms with Gasteiger partial charge in [-0.2, -0.15) is 0 Å². The van der Waals surface area contributed by atoms with Crippen molar-refractivity contribution < 1.29 is 4.42 Å². The maximum absolute atomic E-state index is 6.31. The highest BCUT2D eigenvalue weighted by molar-refractivity contribution is 6.26. The second kappa shape index (κ2) is 11.4. The lowest BCUT2D eigenvalue weighted by Gasteiger charge is -2.18. The summed E-state index contributed by atoms with van der Waals surface area (Å²) < 4.78 is 6.31. The minimum Gasteiger partial charge on any atom is -0.456 e. The summed E-state index contributed by atoms with van der Waals surface area (Å²) in [5.74, 6) is 0.657. The predicted molar refractivity (Wildman–Crippen MR) is 209 cm³/mol. The lowest BCUT2D eigenvalue weighted by molar-refractivity contribution is 0.669. The van der Waals surface area contributed by atoms with Gasteiger partial charge in [-0.3, -0.25) is 4.98 Å². The molecule has 4 heteroatoms. The van der Waals surface area contributed by atoms with Crippen molar-refractivity contribution in [2.24, 2.45) is 9.98 Å². The monoisotopic (exact) mass is 641 g/mol. The summed E-state index contributed by atoms with van der Waals surface area (Å²) >= 11 is 0. The van der Waals surface area contributed by atoms with E-state index in [1.165, 1.54) is 32.5 Å². The Morgan fingerprint density at radius 1 is 0.520 bits per heavy atom. The number of para-hydroxylation sites is 2. The van der Waals surface area contributed by atoms with Crippen LogP contribution < -0.4 is 0 Å². The summed E-state index contributed by atoms with van der Waals surface area (Å²) in [4.78, 5) is 16.1. The summed E-state index contributed by atoms with van der Waals surface area (Å²) in [6.45, 7) is 2.21. The molecule has 0 atom stereocenters. The van der Waals surface area contributed by atoms with Crippen LogP contribution in [0.25, 0.3) is 70.9 Å². The van der Waals surface area contributed by atoms with Crippen LogP contribution in [0, 0.1) is 0 Å². The summed E-state index contributed by atoms with van der Waals surface area (Å²) in [6.07, 6.45) is 3.58. The van der Waals surface area contributed by atoms with E-state index in [2.05, 4.69) is 128 Å². The molecule has 0 N–H and O–H groups in total. The van der Waals surface area contributed by atoms with Crippen molar-refractivity contribution in [2.75, 3.05) is 0 Å². The number of aromatic nitrogens is 1. The average molecular weight is 642 g/mol. The smallest absolute Gasteiger partial charge is 0.162 e. The molecule has 0 saturated heterocycles. The number of fused-ring (bicyclic) bond motifs is 9. The van der Waals surface area contributed by atoms with E-state index in [1.807, 2.05) is 24.4 Å². The van der Waals surface area contributed by atoms with Crippen LogP contribution in [-0.4, -0.2) is 16.5 Å². The molecule has 1 aliphatic rings. The molecule has 0 amide bonds. The fourth-order valence-corrected chi connectivity index (χ4v) is 7.71.